The molecule has 1 atom stereocenters. The van der Waals surface area contributed by atoms with Gasteiger partial charge in [-0.15, -0.1) is 0 Å². The standard InChI is InChI=1S/C12H18N2O4S/c1-8(7-15)14(2)12(16)9-4-10(13)6-11(5-9)19(3,17)18/h4-6,8,15H,7,13H2,1-3H3. The molecule has 6 nitrogen and oxygen atoms in total. The van der Waals surface area contributed by atoms with Crippen LogP contribution < -0.4 is 5.73 Å². The molecule has 0 aliphatic carbocycles. The highest BCUT2D eigenvalue weighted by atomic mass is 32.2. The first-order valence-electron chi connectivity index (χ1n) is 5.65. The SMILES string of the molecule is CC(CO)N(C)C(=O)c1cc(N)cc(S(C)(=O)=O)c1. The van der Waals surface area contributed by atoms with Gasteiger partial charge < -0.3 is 15.7 Å². The Labute approximate surface area is 112 Å². The highest BCUT2D eigenvalue weighted by Gasteiger charge is 2.19. The summed E-state index contributed by atoms with van der Waals surface area (Å²) in [4.78, 5) is 13.5. The van der Waals surface area contributed by atoms with Crippen LogP contribution in [0.25, 0.3) is 0 Å². The smallest absolute Gasteiger partial charge is 0.254 e. The molecule has 3 N–H and O–H groups in total. The van der Waals surface area contributed by atoms with Crippen LogP contribution in [0.15, 0.2) is 23.1 Å². The molecule has 19 heavy (non-hydrogen) atoms. The Morgan fingerprint density at radius 3 is 2.47 bits per heavy atom. The number of sulfone groups is 1. The molecular weight excluding hydrogens is 268 g/mol. The monoisotopic (exact) mass is 286 g/mol. The lowest BCUT2D eigenvalue weighted by Crippen LogP contribution is -2.37. The van der Waals surface area contributed by atoms with Crippen LogP contribution in [0.2, 0.25) is 0 Å². The molecule has 0 aromatic heterocycles. The minimum Gasteiger partial charge on any atom is -0.399 e. The summed E-state index contributed by atoms with van der Waals surface area (Å²) >= 11 is 0. The van der Waals surface area contributed by atoms with E-state index in [1.165, 1.54) is 30.1 Å². The first-order valence-corrected chi connectivity index (χ1v) is 7.54. The van der Waals surface area contributed by atoms with Crippen LogP contribution in [-0.4, -0.2) is 50.3 Å². The summed E-state index contributed by atoms with van der Waals surface area (Å²) < 4.78 is 23.0. The summed E-state index contributed by atoms with van der Waals surface area (Å²) in [6.07, 6.45) is 1.05. The number of nitrogens with two attached hydrogens (primary N) is 1. The van der Waals surface area contributed by atoms with Crippen molar-refractivity contribution in [2.45, 2.75) is 17.9 Å². The van der Waals surface area contributed by atoms with Gasteiger partial charge in [0.05, 0.1) is 17.5 Å². The molecule has 0 bridgehead atoms. The summed E-state index contributed by atoms with van der Waals surface area (Å²) in [6, 6.07) is 3.64. The third-order valence-electron chi connectivity index (χ3n) is 2.85. The Balaban J connectivity index is 3.22. The molecule has 1 rings (SSSR count). The number of aliphatic hydroxyl groups is 1. The second-order valence-electron chi connectivity index (χ2n) is 4.51. The van der Waals surface area contributed by atoms with Gasteiger partial charge in [0, 0.05) is 24.6 Å². The molecule has 1 aromatic rings. The van der Waals surface area contributed by atoms with E-state index in [1.54, 1.807) is 6.92 Å². The molecule has 0 saturated heterocycles. The van der Waals surface area contributed by atoms with E-state index in [-0.39, 0.29) is 28.8 Å². The van der Waals surface area contributed by atoms with Crippen LogP contribution >= 0.6 is 0 Å². The van der Waals surface area contributed by atoms with Gasteiger partial charge in [-0.05, 0) is 25.1 Å². The van der Waals surface area contributed by atoms with E-state index in [1.807, 2.05) is 0 Å². The van der Waals surface area contributed by atoms with Crippen molar-refractivity contribution in [1.29, 1.82) is 0 Å². The third kappa shape index (κ3) is 3.68. The van der Waals surface area contributed by atoms with Crippen molar-refractivity contribution >= 4 is 21.4 Å². The van der Waals surface area contributed by atoms with E-state index in [9.17, 15) is 13.2 Å². The van der Waals surface area contributed by atoms with E-state index in [0.29, 0.717) is 0 Å². The lowest BCUT2D eigenvalue weighted by molar-refractivity contribution is 0.0682. The number of hydrogen-bond acceptors (Lipinski definition) is 5. The summed E-state index contributed by atoms with van der Waals surface area (Å²) in [6.45, 7) is 1.51. The van der Waals surface area contributed by atoms with Gasteiger partial charge in [-0.2, -0.15) is 0 Å². The first-order chi connectivity index (χ1) is 8.66. The second-order valence-corrected chi connectivity index (χ2v) is 6.53. The number of benzene rings is 1. The Kier molecular flexibility index (Phi) is 4.54. The molecule has 0 saturated carbocycles. The van der Waals surface area contributed by atoms with Crippen LogP contribution in [0, 0.1) is 0 Å². The maximum absolute atomic E-state index is 12.1. The zero-order valence-corrected chi connectivity index (χ0v) is 11.9. The molecule has 0 heterocycles. The quantitative estimate of drug-likeness (QED) is 0.766. The minimum atomic E-state index is -3.43. The van der Waals surface area contributed by atoms with Crippen molar-refractivity contribution < 1.29 is 18.3 Å². The largest absolute Gasteiger partial charge is 0.399 e. The molecule has 1 aromatic carbocycles. The van der Waals surface area contributed by atoms with Gasteiger partial charge in [-0.25, -0.2) is 8.42 Å². The van der Waals surface area contributed by atoms with Gasteiger partial charge in [0.2, 0.25) is 0 Å². The molecule has 106 valence electrons. The van der Waals surface area contributed by atoms with Gasteiger partial charge in [0.1, 0.15) is 0 Å². The van der Waals surface area contributed by atoms with E-state index < -0.39 is 15.7 Å². The molecule has 0 spiro atoms. The lowest BCUT2D eigenvalue weighted by Gasteiger charge is -2.23. The fraction of sp³-hybridized carbons (Fsp3) is 0.417. The maximum Gasteiger partial charge on any atom is 0.254 e. The Morgan fingerprint density at radius 2 is 2.00 bits per heavy atom. The van der Waals surface area contributed by atoms with Gasteiger partial charge in [0.25, 0.3) is 5.91 Å². The summed E-state index contributed by atoms with van der Waals surface area (Å²) in [5, 5.41) is 9.02. The number of carbonyl (C=O) groups excluding carboxylic acids is 1. The molecule has 0 aliphatic heterocycles. The minimum absolute atomic E-state index is 0.000835. The van der Waals surface area contributed by atoms with Crippen molar-refractivity contribution in [3.05, 3.63) is 23.8 Å². The average Bonchev–Trinajstić information content (AvgIpc) is 2.34. The molecule has 7 heteroatoms. The van der Waals surface area contributed by atoms with Gasteiger partial charge in [0.15, 0.2) is 9.84 Å². The number of likely N-dealkylation sites (N-methyl/N-ethyl adjacent to an activating group) is 1. The predicted octanol–water partition coefficient (Wildman–Crippen LogP) is 0.125. The van der Waals surface area contributed by atoms with E-state index in [0.717, 1.165) is 6.26 Å². The summed E-state index contributed by atoms with van der Waals surface area (Å²) in [7, 11) is -1.90. The number of rotatable bonds is 4. The third-order valence-corrected chi connectivity index (χ3v) is 3.94. The Morgan fingerprint density at radius 1 is 1.42 bits per heavy atom. The number of hydrogen-bond donors (Lipinski definition) is 2. The van der Waals surface area contributed by atoms with Gasteiger partial charge >= 0.3 is 0 Å². The first kappa shape index (κ1) is 15.5. The van der Waals surface area contributed by atoms with E-state index in [4.69, 9.17) is 10.8 Å². The molecule has 0 aliphatic rings. The van der Waals surface area contributed by atoms with Crippen molar-refractivity contribution in [2.75, 3.05) is 25.6 Å². The van der Waals surface area contributed by atoms with Gasteiger partial charge in [-0.1, -0.05) is 0 Å². The average molecular weight is 286 g/mol. The number of nitrogen functional groups attached to an aromatic ring is 1. The van der Waals surface area contributed by atoms with Gasteiger partial charge in [-0.3, -0.25) is 4.79 Å². The normalized spacial score (nSPS) is 13.1. The van der Waals surface area contributed by atoms with E-state index in [2.05, 4.69) is 0 Å². The molecule has 1 amide bonds. The molecule has 0 fully saturated rings. The fourth-order valence-electron chi connectivity index (χ4n) is 1.49. The number of carbonyl (C=O) groups is 1. The van der Waals surface area contributed by atoms with Crippen molar-refractivity contribution in [3.63, 3.8) is 0 Å². The Hall–Kier alpha value is -1.60. The number of nitrogens with zero attached hydrogens (tertiary/aromatic N) is 1. The Bertz CT molecular complexity index is 583. The summed E-state index contributed by atoms with van der Waals surface area (Å²) in [5.41, 5.74) is 6.01. The number of amides is 1. The lowest BCUT2D eigenvalue weighted by atomic mass is 10.1. The van der Waals surface area contributed by atoms with Crippen LogP contribution in [0.4, 0.5) is 5.69 Å². The molecule has 1 unspecified atom stereocenters. The van der Waals surface area contributed by atoms with Crippen molar-refractivity contribution in [2.24, 2.45) is 0 Å². The van der Waals surface area contributed by atoms with Crippen LogP contribution in [0.1, 0.15) is 17.3 Å². The van der Waals surface area contributed by atoms with Crippen molar-refractivity contribution in [3.8, 4) is 0 Å². The molecule has 0 radical (unpaired) electrons. The summed E-state index contributed by atoms with van der Waals surface area (Å²) in [5.74, 6) is -0.390. The second kappa shape index (κ2) is 5.58. The fourth-order valence-corrected chi connectivity index (χ4v) is 2.18. The van der Waals surface area contributed by atoms with Crippen LogP contribution in [-0.2, 0) is 9.84 Å². The van der Waals surface area contributed by atoms with Crippen LogP contribution in [0.3, 0.4) is 0 Å². The maximum atomic E-state index is 12.1. The molecular formula is C12H18N2O4S. The van der Waals surface area contributed by atoms with E-state index >= 15 is 0 Å². The number of anilines is 1. The highest BCUT2D eigenvalue weighted by molar-refractivity contribution is 7.90. The van der Waals surface area contributed by atoms with Crippen molar-refractivity contribution in [1.82, 2.24) is 4.90 Å². The topological polar surface area (TPSA) is 101 Å². The predicted molar refractivity (Wildman–Crippen MR) is 72.6 cm³/mol. The number of aliphatic hydroxyl groups excluding tert-OH is 1. The van der Waals surface area contributed by atoms with Crippen LogP contribution in [0.5, 0.6) is 0 Å². The zero-order valence-electron chi connectivity index (χ0n) is 11.1. The highest BCUT2D eigenvalue weighted by Crippen LogP contribution is 2.18. The zero-order chi connectivity index (χ0) is 14.8.